The van der Waals surface area contributed by atoms with Crippen molar-refractivity contribution in [2.45, 2.75) is 37.6 Å². The zero-order chi connectivity index (χ0) is 16.4. The van der Waals surface area contributed by atoms with Gasteiger partial charge in [-0.3, -0.25) is 0 Å². The number of nitrogens with one attached hydrogen (secondary N) is 1. The summed E-state index contributed by atoms with van der Waals surface area (Å²) in [4.78, 5) is 11.0. The first-order valence-corrected chi connectivity index (χ1v) is 8.04. The van der Waals surface area contributed by atoms with Gasteiger partial charge < -0.3 is 10.2 Å². The van der Waals surface area contributed by atoms with Crippen LogP contribution < -0.4 is 4.72 Å². The number of halogens is 1. The normalized spacial score (nSPS) is 12.4. The van der Waals surface area contributed by atoms with Gasteiger partial charge in [0, 0.05) is 17.2 Å². The molecule has 0 heterocycles. The highest BCUT2D eigenvalue weighted by molar-refractivity contribution is 7.89. The molecule has 0 amide bonds. The molecule has 0 aliphatic rings. The van der Waals surface area contributed by atoms with Crippen molar-refractivity contribution < 1.29 is 23.4 Å². The van der Waals surface area contributed by atoms with Crippen molar-refractivity contribution in [3.63, 3.8) is 0 Å². The Morgan fingerprint density at radius 2 is 1.95 bits per heavy atom. The van der Waals surface area contributed by atoms with Crippen molar-refractivity contribution in [2.24, 2.45) is 0 Å². The van der Waals surface area contributed by atoms with Gasteiger partial charge in [-0.25, -0.2) is 17.9 Å². The van der Waals surface area contributed by atoms with Crippen molar-refractivity contribution in [3.05, 3.63) is 28.3 Å². The molecule has 21 heavy (non-hydrogen) atoms. The molecule has 0 atom stereocenters. The van der Waals surface area contributed by atoms with Gasteiger partial charge in [0.1, 0.15) is 0 Å². The minimum Gasteiger partial charge on any atom is -0.478 e. The van der Waals surface area contributed by atoms with E-state index in [1.165, 1.54) is 19.1 Å². The van der Waals surface area contributed by atoms with E-state index in [0.29, 0.717) is 0 Å². The van der Waals surface area contributed by atoms with E-state index in [1.807, 2.05) is 0 Å². The fourth-order valence-corrected chi connectivity index (χ4v) is 3.92. The number of rotatable bonds is 6. The number of aromatic carboxylic acids is 1. The van der Waals surface area contributed by atoms with Crippen LogP contribution in [0.1, 0.15) is 36.2 Å². The first-order chi connectivity index (χ1) is 9.50. The Labute approximate surface area is 128 Å². The smallest absolute Gasteiger partial charge is 0.336 e. The number of aliphatic hydroxyl groups excluding tert-OH is 1. The highest BCUT2D eigenvalue weighted by Gasteiger charge is 2.28. The van der Waals surface area contributed by atoms with Gasteiger partial charge >= 0.3 is 5.97 Å². The molecule has 0 saturated heterocycles. The predicted molar refractivity (Wildman–Crippen MR) is 79.3 cm³/mol. The Balaban J connectivity index is 3.36. The summed E-state index contributed by atoms with van der Waals surface area (Å²) in [6, 6.07) is 2.41. The van der Waals surface area contributed by atoms with Gasteiger partial charge in [-0.15, -0.1) is 0 Å². The van der Waals surface area contributed by atoms with Gasteiger partial charge in [-0.2, -0.15) is 0 Å². The lowest BCUT2D eigenvalue weighted by molar-refractivity contribution is 0.0695. The highest BCUT2D eigenvalue weighted by Crippen LogP contribution is 2.26. The van der Waals surface area contributed by atoms with Crippen molar-refractivity contribution >= 4 is 27.6 Å². The largest absolute Gasteiger partial charge is 0.478 e. The quantitative estimate of drug-likeness (QED) is 0.735. The summed E-state index contributed by atoms with van der Waals surface area (Å²) >= 11 is 5.81. The third kappa shape index (κ3) is 4.41. The molecule has 1 aromatic rings. The van der Waals surface area contributed by atoms with Crippen LogP contribution in [-0.4, -0.2) is 36.7 Å². The predicted octanol–water partition coefficient (Wildman–Crippen LogP) is 1.79. The fourth-order valence-electron chi connectivity index (χ4n) is 1.90. The zero-order valence-electron chi connectivity index (χ0n) is 12.0. The third-order valence-electron chi connectivity index (χ3n) is 2.99. The first-order valence-electron chi connectivity index (χ1n) is 6.18. The summed E-state index contributed by atoms with van der Waals surface area (Å²) in [6.07, 6.45) is 0.220. The minimum absolute atomic E-state index is 0.0262. The molecule has 0 bridgehead atoms. The number of hydrogen-bond acceptors (Lipinski definition) is 4. The number of carboxylic acid groups (broad SMARTS) is 1. The maximum absolute atomic E-state index is 12.4. The van der Waals surface area contributed by atoms with Gasteiger partial charge in [0.2, 0.25) is 10.0 Å². The van der Waals surface area contributed by atoms with E-state index >= 15 is 0 Å². The molecule has 118 valence electrons. The van der Waals surface area contributed by atoms with Crippen molar-refractivity contribution in [3.8, 4) is 0 Å². The molecule has 0 aliphatic carbocycles. The van der Waals surface area contributed by atoms with Crippen LogP contribution in [0.3, 0.4) is 0 Å². The molecule has 3 N–H and O–H groups in total. The number of aliphatic hydroxyl groups is 1. The molecule has 0 fully saturated rings. The molecule has 8 heteroatoms. The Bertz CT molecular complexity index is 655. The van der Waals surface area contributed by atoms with Gasteiger partial charge in [-0.1, -0.05) is 11.6 Å². The van der Waals surface area contributed by atoms with Crippen molar-refractivity contribution in [1.82, 2.24) is 4.72 Å². The summed E-state index contributed by atoms with van der Waals surface area (Å²) in [5, 5.41) is 18.1. The molecule has 0 spiro atoms. The second kappa shape index (κ2) is 6.31. The Hall–Kier alpha value is -1.15. The molecule has 0 radical (unpaired) electrons. The van der Waals surface area contributed by atoms with Crippen LogP contribution in [0.5, 0.6) is 0 Å². The number of carbonyl (C=O) groups is 1. The number of carboxylic acids is 1. The van der Waals surface area contributed by atoms with Gasteiger partial charge in [0.05, 0.1) is 10.5 Å². The molecule has 0 saturated carbocycles. The van der Waals surface area contributed by atoms with E-state index in [0.717, 1.165) is 0 Å². The van der Waals surface area contributed by atoms with Crippen LogP contribution in [0.25, 0.3) is 0 Å². The maximum Gasteiger partial charge on any atom is 0.336 e. The molecule has 6 nitrogen and oxygen atoms in total. The standard InChI is InChI=1S/C13H18ClNO5S/c1-8-10(12(17)18)6-9(14)7-11(8)21(19,20)15-13(2,3)4-5-16/h6-7,15-16H,4-5H2,1-3H3,(H,17,18). The van der Waals surface area contributed by atoms with E-state index in [4.69, 9.17) is 21.8 Å². The topological polar surface area (TPSA) is 104 Å². The third-order valence-corrected chi connectivity index (χ3v) is 5.03. The Morgan fingerprint density at radius 1 is 1.38 bits per heavy atom. The van der Waals surface area contributed by atoms with E-state index in [1.54, 1.807) is 13.8 Å². The molecule has 0 unspecified atom stereocenters. The van der Waals surface area contributed by atoms with Gasteiger partial charge in [0.15, 0.2) is 0 Å². The summed E-state index contributed by atoms with van der Waals surface area (Å²) in [7, 11) is -3.96. The van der Waals surface area contributed by atoms with Crippen LogP contribution in [0.2, 0.25) is 5.02 Å². The van der Waals surface area contributed by atoms with Crippen LogP contribution in [0.15, 0.2) is 17.0 Å². The summed E-state index contributed by atoms with van der Waals surface area (Å²) in [5.41, 5.74) is -0.923. The molecule has 1 aromatic carbocycles. The lowest BCUT2D eigenvalue weighted by Crippen LogP contribution is -2.44. The van der Waals surface area contributed by atoms with Crippen LogP contribution in [-0.2, 0) is 10.0 Å². The van der Waals surface area contributed by atoms with Crippen LogP contribution >= 0.6 is 11.6 Å². The number of hydrogen-bond donors (Lipinski definition) is 3. The fraction of sp³-hybridized carbons (Fsp3) is 0.462. The Morgan fingerprint density at radius 3 is 2.43 bits per heavy atom. The van der Waals surface area contributed by atoms with Gasteiger partial charge in [-0.05, 0) is 44.9 Å². The lowest BCUT2D eigenvalue weighted by atomic mass is 10.0. The average molecular weight is 336 g/mol. The first kappa shape index (κ1) is 17.9. The molecular formula is C13H18ClNO5S. The summed E-state index contributed by atoms with van der Waals surface area (Å²) in [5.74, 6) is -1.25. The van der Waals surface area contributed by atoms with Crippen molar-refractivity contribution in [2.75, 3.05) is 6.61 Å². The molecule has 1 rings (SSSR count). The Kier molecular flexibility index (Phi) is 5.38. The second-order valence-corrected chi connectivity index (χ2v) is 7.43. The van der Waals surface area contributed by atoms with E-state index in [9.17, 15) is 13.2 Å². The van der Waals surface area contributed by atoms with Crippen LogP contribution in [0.4, 0.5) is 0 Å². The maximum atomic E-state index is 12.4. The van der Waals surface area contributed by atoms with Gasteiger partial charge in [0.25, 0.3) is 0 Å². The number of benzene rings is 1. The van der Waals surface area contributed by atoms with E-state index in [-0.39, 0.29) is 34.1 Å². The van der Waals surface area contributed by atoms with Crippen LogP contribution in [0, 0.1) is 6.92 Å². The highest BCUT2D eigenvalue weighted by atomic mass is 35.5. The lowest BCUT2D eigenvalue weighted by Gasteiger charge is -2.25. The zero-order valence-corrected chi connectivity index (χ0v) is 13.5. The second-order valence-electron chi connectivity index (χ2n) is 5.34. The molecule has 0 aromatic heterocycles. The molecule has 0 aliphatic heterocycles. The van der Waals surface area contributed by atoms with E-state index < -0.39 is 21.5 Å². The molecular weight excluding hydrogens is 318 g/mol. The van der Waals surface area contributed by atoms with E-state index in [2.05, 4.69) is 4.72 Å². The summed E-state index contributed by atoms with van der Waals surface area (Å²) in [6.45, 7) is 4.48. The monoisotopic (exact) mass is 335 g/mol. The minimum atomic E-state index is -3.96. The van der Waals surface area contributed by atoms with Crippen molar-refractivity contribution in [1.29, 1.82) is 0 Å². The SMILES string of the molecule is Cc1c(C(=O)O)cc(Cl)cc1S(=O)(=O)NC(C)(C)CCO. The summed E-state index contributed by atoms with van der Waals surface area (Å²) < 4.78 is 27.3. The number of sulfonamides is 1. The average Bonchev–Trinajstić information content (AvgIpc) is 2.29.